The Morgan fingerprint density at radius 3 is 2.95 bits per heavy atom. The van der Waals surface area contributed by atoms with E-state index in [1.807, 2.05) is 48.5 Å². The fraction of sp³-hybridized carbons (Fsp3) is 0.125. The Balaban J connectivity index is 1.60. The maximum atomic E-state index is 12.0. The normalized spacial score (nSPS) is 10.6. The fourth-order valence-corrected chi connectivity index (χ4v) is 3.55. The number of benzene rings is 2. The summed E-state index contributed by atoms with van der Waals surface area (Å²) in [6.07, 6.45) is 0. The molecule has 1 aromatic heterocycles. The molecule has 1 amide bonds. The zero-order valence-corrected chi connectivity index (χ0v) is 13.5. The molecule has 0 aliphatic carbocycles. The summed E-state index contributed by atoms with van der Waals surface area (Å²) in [6, 6.07) is 15.5. The Hall–Kier alpha value is -2.05. The van der Waals surface area contributed by atoms with Crippen LogP contribution in [0.2, 0.25) is 0 Å². The molecular weight excluding hydrogens is 316 g/mol. The number of amides is 1. The highest BCUT2D eigenvalue weighted by Crippen LogP contribution is 2.26. The second-order valence-corrected chi connectivity index (χ2v) is 6.58. The van der Waals surface area contributed by atoms with Crippen molar-refractivity contribution in [3.8, 4) is 5.75 Å². The first-order valence-electron chi connectivity index (χ1n) is 6.67. The highest BCUT2D eigenvalue weighted by atomic mass is 32.2. The van der Waals surface area contributed by atoms with E-state index in [1.54, 1.807) is 7.11 Å². The number of thiazole rings is 1. The number of anilines is 1. The van der Waals surface area contributed by atoms with Crippen molar-refractivity contribution in [3.63, 3.8) is 0 Å². The number of nitrogens with one attached hydrogen (secondary N) is 1. The van der Waals surface area contributed by atoms with E-state index in [0.717, 1.165) is 20.9 Å². The van der Waals surface area contributed by atoms with Crippen LogP contribution in [0.25, 0.3) is 10.2 Å². The first kappa shape index (κ1) is 14.9. The highest BCUT2D eigenvalue weighted by molar-refractivity contribution is 8.00. The first-order chi connectivity index (χ1) is 10.7. The lowest BCUT2D eigenvalue weighted by molar-refractivity contribution is -0.113. The maximum Gasteiger partial charge on any atom is 0.236 e. The van der Waals surface area contributed by atoms with Gasteiger partial charge in [0.15, 0.2) is 5.13 Å². The van der Waals surface area contributed by atoms with Crippen molar-refractivity contribution in [2.75, 3.05) is 18.2 Å². The van der Waals surface area contributed by atoms with Crippen molar-refractivity contribution in [2.45, 2.75) is 4.90 Å². The molecular formula is C16H14N2O2S2. The quantitative estimate of drug-likeness (QED) is 0.718. The van der Waals surface area contributed by atoms with Gasteiger partial charge in [0.1, 0.15) is 5.75 Å². The zero-order chi connectivity index (χ0) is 15.4. The Labute approximate surface area is 136 Å². The van der Waals surface area contributed by atoms with Crippen molar-refractivity contribution in [3.05, 3.63) is 48.5 Å². The van der Waals surface area contributed by atoms with Crippen LogP contribution in [0.3, 0.4) is 0 Å². The monoisotopic (exact) mass is 330 g/mol. The number of nitrogens with zero attached hydrogens (tertiary/aromatic N) is 1. The number of carbonyl (C=O) groups is 1. The van der Waals surface area contributed by atoms with Crippen molar-refractivity contribution in [1.82, 2.24) is 4.98 Å². The van der Waals surface area contributed by atoms with Gasteiger partial charge in [-0.15, -0.1) is 11.8 Å². The molecule has 0 bridgehead atoms. The SMILES string of the molecule is COc1cccc(SCC(=O)Nc2nc3ccccc3s2)c1. The lowest BCUT2D eigenvalue weighted by Crippen LogP contribution is -2.13. The summed E-state index contributed by atoms with van der Waals surface area (Å²) in [4.78, 5) is 17.4. The average Bonchev–Trinajstić information content (AvgIpc) is 2.95. The van der Waals surface area contributed by atoms with Gasteiger partial charge in [0.25, 0.3) is 0 Å². The molecule has 0 aliphatic heterocycles. The van der Waals surface area contributed by atoms with E-state index in [9.17, 15) is 4.79 Å². The summed E-state index contributed by atoms with van der Waals surface area (Å²) in [5, 5.41) is 3.48. The molecule has 3 rings (SSSR count). The molecule has 0 unspecified atom stereocenters. The summed E-state index contributed by atoms with van der Waals surface area (Å²) in [5.74, 6) is 1.06. The molecule has 0 saturated carbocycles. The van der Waals surface area contributed by atoms with E-state index >= 15 is 0 Å². The van der Waals surface area contributed by atoms with E-state index in [0.29, 0.717) is 10.9 Å². The van der Waals surface area contributed by atoms with Gasteiger partial charge in [-0.25, -0.2) is 4.98 Å². The lowest BCUT2D eigenvalue weighted by atomic mass is 10.3. The minimum absolute atomic E-state index is 0.0631. The second kappa shape index (κ2) is 6.81. The largest absolute Gasteiger partial charge is 0.497 e. The van der Waals surface area contributed by atoms with Crippen LogP contribution in [-0.2, 0) is 4.79 Å². The molecule has 0 fully saturated rings. The molecule has 0 saturated heterocycles. The van der Waals surface area contributed by atoms with Gasteiger partial charge in [-0.3, -0.25) is 4.79 Å². The molecule has 6 heteroatoms. The number of thioether (sulfide) groups is 1. The molecule has 1 N–H and O–H groups in total. The topological polar surface area (TPSA) is 51.2 Å². The molecule has 0 aliphatic rings. The van der Waals surface area contributed by atoms with Crippen LogP contribution in [0.15, 0.2) is 53.4 Å². The van der Waals surface area contributed by atoms with Gasteiger partial charge in [0.05, 0.1) is 23.1 Å². The summed E-state index contributed by atoms with van der Waals surface area (Å²) in [5.41, 5.74) is 0.906. The Bertz CT molecular complexity index is 768. The number of ether oxygens (including phenoxy) is 1. The van der Waals surface area contributed by atoms with Crippen LogP contribution in [0.1, 0.15) is 0 Å². The number of hydrogen-bond acceptors (Lipinski definition) is 5. The molecule has 22 heavy (non-hydrogen) atoms. The summed E-state index contributed by atoms with van der Waals surface area (Å²) >= 11 is 2.95. The van der Waals surface area contributed by atoms with Gasteiger partial charge in [0, 0.05) is 4.90 Å². The van der Waals surface area contributed by atoms with Gasteiger partial charge in [0.2, 0.25) is 5.91 Å². The van der Waals surface area contributed by atoms with Crippen LogP contribution in [-0.4, -0.2) is 23.8 Å². The van der Waals surface area contributed by atoms with Crippen molar-refractivity contribution in [1.29, 1.82) is 0 Å². The van der Waals surface area contributed by atoms with E-state index in [2.05, 4.69) is 10.3 Å². The zero-order valence-electron chi connectivity index (χ0n) is 11.9. The summed E-state index contributed by atoms with van der Waals surface area (Å²) in [7, 11) is 1.63. The number of para-hydroxylation sites is 1. The van der Waals surface area contributed by atoms with Crippen LogP contribution in [0.5, 0.6) is 5.75 Å². The van der Waals surface area contributed by atoms with E-state index in [-0.39, 0.29) is 5.91 Å². The standard InChI is InChI=1S/C16H14N2O2S2/c1-20-11-5-4-6-12(9-11)21-10-15(19)18-16-17-13-7-2-3-8-14(13)22-16/h2-9H,10H2,1H3,(H,17,18,19). The van der Waals surface area contributed by atoms with Gasteiger partial charge in [-0.05, 0) is 30.3 Å². The first-order valence-corrected chi connectivity index (χ1v) is 8.47. The Kier molecular flexibility index (Phi) is 4.60. The Morgan fingerprint density at radius 2 is 2.14 bits per heavy atom. The van der Waals surface area contributed by atoms with E-state index in [1.165, 1.54) is 23.1 Å². The second-order valence-electron chi connectivity index (χ2n) is 4.50. The van der Waals surface area contributed by atoms with Crippen LogP contribution < -0.4 is 10.1 Å². The van der Waals surface area contributed by atoms with Crippen molar-refractivity contribution in [2.24, 2.45) is 0 Å². The number of methoxy groups -OCH3 is 1. The molecule has 2 aromatic carbocycles. The number of hydrogen-bond donors (Lipinski definition) is 1. The number of rotatable bonds is 5. The van der Waals surface area contributed by atoms with Crippen molar-refractivity contribution >= 4 is 44.4 Å². The third-order valence-corrected chi connectivity index (χ3v) is 4.90. The third kappa shape index (κ3) is 3.58. The minimum Gasteiger partial charge on any atom is -0.497 e. The lowest BCUT2D eigenvalue weighted by Gasteiger charge is -2.04. The summed E-state index contributed by atoms with van der Waals surface area (Å²) < 4.78 is 6.24. The fourth-order valence-electron chi connectivity index (χ4n) is 1.92. The van der Waals surface area contributed by atoms with E-state index in [4.69, 9.17) is 4.74 Å². The van der Waals surface area contributed by atoms with Crippen LogP contribution >= 0.6 is 23.1 Å². The van der Waals surface area contributed by atoms with Crippen molar-refractivity contribution < 1.29 is 9.53 Å². The Morgan fingerprint density at radius 1 is 1.27 bits per heavy atom. The molecule has 112 valence electrons. The van der Waals surface area contributed by atoms with Gasteiger partial charge < -0.3 is 10.1 Å². The molecule has 0 spiro atoms. The van der Waals surface area contributed by atoms with Gasteiger partial charge >= 0.3 is 0 Å². The smallest absolute Gasteiger partial charge is 0.236 e. The van der Waals surface area contributed by atoms with Gasteiger partial charge in [-0.2, -0.15) is 0 Å². The summed E-state index contributed by atoms with van der Waals surface area (Å²) in [6.45, 7) is 0. The van der Waals surface area contributed by atoms with Crippen LogP contribution in [0.4, 0.5) is 5.13 Å². The third-order valence-electron chi connectivity index (χ3n) is 2.95. The van der Waals surface area contributed by atoms with E-state index < -0.39 is 0 Å². The molecule has 3 aromatic rings. The average molecular weight is 330 g/mol. The molecule has 1 heterocycles. The molecule has 0 atom stereocenters. The van der Waals surface area contributed by atoms with Crippen LogP contribution in [0, 0.1) is 0 Å². The molecule has 4 nitrogen and oxygen atoms in total. The van der Waals surface area contributed by atoms with Gasteiger partial charge in [-0.1, -0.05) is 29.5 Å². The number of aromatic nitrogens is 1. The predicted octanol–water partition coefficient (Wildman–Crippen LogP) is 4.04. The maximum absolute atomic E-state index is 12.0. The number of fused-ring (bicyclic) bond motifs is 1. The highest BCUT2D eigenvalue weighted by Gasteiger charge is 2.08. The predicted molar refractivity (Wildman–Crippen MR) is 92.0 cm³/mol. The minimum atomic E-state index is -0.0631. The molecule has 0 radical (unpaired) electrons. The number of carbonyl (C=O) groups excluding carboxylic acids is 1.